The van der Waals surface area contributed by atoms with Gasteiger partial charge in [0.1, 0.15) is 5.82 Å². The van der Waals surface area contributed by atoms with Gasteiger partial charge in [0.15, 0.2) is 0 Å². The van der Waals surface area contributed by atoms with Crippen LogP contribution in [-0.4, -0.2) is 42.6 Å². The lowest BCUT2D eigenvalue weighted by Crippen LogP contribution is -2.46. The van der Waals surface area contributed by atoms with Crippen LogP contribution in [0.3, 0.4) is 0 Å². The first kappa shape index (κ1) is 16.1. The van der Waals surface area contributed by atoms with Gasteiger partial charge in [-0.2, -0.15) is 0 Å². The second kappa shape index (κ2) is 8.15. The van der Waals surface area contributed by atoms with E-state index in [1.807, 2.05) is 30.3 Å². The molecule has 1 aliphatic rings. The monoisotopic (exact) mass is 314 g/mol. The number of hydrogen-bond acceptors (Lipinski definition) is 4. The zero-order chi connectivity index (χ0) is 15.9. The highest BCUT2D eigenvalue weighted by atomic mass is 19.1. The fourth-order valence-corrected chi connectivity index (χ4v) is 2.87. The summed E-state index contributed by atoms with van der Waals surface area (Å²) in [6.07, 6.45) is 1.81. The topological polar surface area (TPSA) is 40.2 Å². The van der Waals surface area contributed by atoms with E-state index in [0.717, 1.165) is 44.0 Å². The van der Waals surface area contributed by atoms with E-state index in [0.29, 0.717) is 6.54 Å². The van der Waals surface area contributed by atoms with Gasteiger partial charge in [-0.15, -0.1) is 0 Å². The van der Waals surface area contributed by atoms with Crippen LogP contribution in [0.5, 0.6) is 0 Å². The first-order valence-electron chi connectivity index (χ1n) is 8.13. The number of pyridine rings is 1. The van der Waals surface area contributed by atoms with Crippen molar-refractivity contribution in [2.45, 2.75) is 12.6 Å². The number of nitrogens with one attached hydrogen (secondary N) is 2. The Morgan fingerprint density at radius 3 is 2.61 bits per heavy atom. The molecule has 0 aliphatic carbocycles. The maximum Gasteiger partial charge on any atom is 0.123 e. The molecule has 3 rings (SSSR count). The van der Waals surface area contributed by atoms with Gasteiger partial charge in [-0.3, -0.25) is 9.88 Å². The Labute approximate surface area is 136 Å². The normalized spacial score (nSPS) is 17.1. The zero-order valence-electron chi connectivity index (χ0n) is 13.2. The maximum atomic E-state index is 13.2. The van der Waals surface area contributed by atoms with Crippen LogP contribution in [0.2, 0.25) is 0 Å². The Bertz CT molecular complexity index is 582. The summed E-state index contributed by atoms with van der Waals surface area (Å²) in [6.45, 7) is 5.76. The molecule has 0 saturated carbocycles. The standard InChI is InChI=1S/C18H23FN4/c19-16-6-4-15(5-7-16)18(14-23-11-9-20-10-12-23)22-13-17-3-1-2-8-21-17/h1-8,18,20,22H,9-14H2. The van der Waals surface area contributed by atoms with Crippen molar-refractivity contribution in [3.05, 3.63) is 65.7 Å². The second-order valence-corrected chi connectivity index (χ2v) is 5.86. The highest BCUT2D eigenvalue weighted by Gasteiger charge is 2.17. The van der Waals surface area contributed by atoms with Crippen molar-refractivity contribution < 1.29 is 4.39 Å². The van der Waals surface area contributed by atoms with Crippen molar-refractivity contribution in [1.29, 1.82) is 0 Å². The minimum atomic E-state index is -0.195. The third-order valence-corrected chi connectivity index (χ3v) is 4.18. The molecule has 1 fully saturated rings. The van der Waals surface area contributed by atoms with Gasteiger partial charge in [0.2, 0.25) is 0 Å². The van der Waals surface area contributed by atoms with Crippen molar-refractivity contribution >= 4 is 0 Å². The van der Waals surface area contributed by atoms with E-state index >= 15 is 0 Å². The fourth-order valence-electron chi connectivity index (χ4n) is 2.87. The summed E-state index contributed by atoms with van der Waals surface area (Å²) < 4.78 is 13.2. The lowest BCUT2D eigenvalue weighted by Gasteiger charge is -2.31. The average molecular weight is 314 g/mol. The van der Waals surface area contributed by atoms with Crippen LogP contribution in [0.15, 0.2) is 48.7 Å². The minimum Gasteiger partial charge on any atom is -0.314 e. The number of aromatic nitrogens is 1. The quantitative estimate of drug-likeness (QED) is 0.855. The van der Waals surface area contributed by atoms with Crippen molar-refractivity contribution in [2.24, 2.45) is 0 Å². The van der Waals surface area contributed by atoms with E-state index < -0.39 is 0 Å². The molecule has 1 saturated heterocycles. The van der Waals surface area contributed by atoms with Gasteiger partial charge < -0.3 is 10.6 Å². The summed E-state index contributed by atoms with van der Waals surface area (Å²) in [4.78, 5) is 6.80. The van der Waals surface area contributed by atoms with Crippen LogP contribution >= 0.6 is 0 Å². The lowest BCUT2D eigenvalue weighted by atomic mass is 10.1. The molecule has 1 atom stereocenters. The van der Waals surface area contributed by atoms with Crippen molar-refractivity contribution in [2.75, 3.05) is 32.7 Å². The zero-order valence-corrected chi connectivity index (χ0v) is 13.2. The Balaban J connectivity index is 1.68. The highest BCUT2D eigenvalue weighted by Crippen LogP contribution is 2.16. The van der Waals surface area contributed by atoms with Gasteiger partial charge in [-0.25, -0.2) is 4.39 Å². The molecule has 0 bridgehead atoms. The molecule has 0 amide bonds. The number of piperazine rings is 1. The third kappa shape index (κ3) is 4.82. The molecule has 1 unspecified atom stereocenters. The van der Waals surface area contributed by atoms with Gasteiger partial charge in [-0.1, -0.05) is 18.2 Å². The molecule has 4 nitrogen and oxygen atoms in total. The van der Waals surface area contributed by atoms with Crippen LogP contribution in [0.4, 0.5) is 4.39 Å². The molecule has 2 heterocycles. The van der Waals surface area contributed by atoms with Crippen LogP contribution in [0, 0.1) is 5.82 Å². The molecular weight excluding hydrogens is 291 g/mol. The molecule has 122 valence electrons. The maximum absolute atomic E-state index is 13.2. The molecule has 2 N–H and O–H groups in total. The first-order chi connectivity index (χ1) is 11.3. The highest BCUT2D eigenvalue weighted by molar-refractivity contribution is 5.20. The smallest absolute Gasteiger partial charge is 0.123 e. The molecule has 1 aromatic carbocycles. The molecule has 0 radical (unpaired) electrons. The van der Waals surface area contributed by atoms with Crippen molar-refractivity contribution in [3.63, 3.8) is 0 Å². The Hall–Kier alpha value is -1.82. The predicted octanol–water partition coefficient (Wildman–Crippen LogP) is 1.96. The summed E-state index contributed by atoms with van der Waals surface area (Å²) >= 11 is 0. The van der Waals surface area contributed by atoms with Gasteiger partial charge in [0.05, 0.1) is 5.69 Å². The van der Waals surface area contributed by atoms with Gasteiger partial charge in [-0.05, 0) is 29.8 Å². The second-order valence-electron chi connectivity index (χ2n) is 5.86. The van der Waals surface area contributed by atoms with Crippen LogP contribution in [-0.2, 0) is 6.54 Å². The van der Waals surface area contributed by atoms with Gasteiger partial charge >= 0.3 is 0 Å². The molecular formula is C18H23FN4. The van der Waals surface area contributed by atoms with E-state index in [2.05, 4.69) is 20.5 Å². The molecule has 1 aliphatic heterocycles. The van der Waals surface area contributed by atoms with E-state index in [9.17, 15) is 4.39 Å². The van der Waals surface area contributed by atoms with E-state index in [1.54, 1.807) is 6.20 Å². The molecule has 1 aromatic heterocycles. The van der Waals surface area contributed by atoms with Crippen LogP contribution in [0.1, 0.15) is 17.3 Å². The van der Waals surface area contributed by atoms with Gasteiger partial charge in [0, 0.05) is 51.5 Å². The SMILES string of the molecule is Fc1ccc(C(CN2CCNCC2)NCc2ccccn2)cc1. The summed E-state index contributed by atoms with van der Waals surface area (Å²) in [5.74, 6) is -0.195. The molecule has 23 heavy (non-hydrogen) atoms. The van der Waals surface area contributed by atoms with Crippen LogP contribution < -0.4 is 10.6 Å². The Kier molecular flexibility index (Phi) is 5.69. The molecule has 5 heteroatoms. The van der Waals surface area contributed by atoms with E-state index in [4.69, 9.17) is 0 Å². The lowest BCUT2D eigenvalue weighted by molar-refractivity contribution is 0.215. The average Bonchev–Trinajstić information content (AvgIpc) is 2.61. The van der Waals surface area contributed by atoms with Crippen molar-refractivity contribution in [3.8, 4) is 0 Å². The number of nitrogens with zero attached hydrogens (tertiary/aromatic N) is 2. The molecule has 2 aromatic rings. The first-order valence-corrected chi connectivity index (χ1v) is 8.13. The number of rotatable bonds is 6. The van der Waals surface area contributed by atoms with E-state index in [-0.39, 0.29) is 11.9 Å². The van der Waals surface area contributed by atoms with Crippen molar-refractivity contribution in [1.82, 2.24) is 20.5 Å². The Morgan fingerprint density at radius 1 is 1.13 bits per heavy atom. The number of hydrogen-bond donors (Lipinski definition) is 2. The van der Waals surface area contributed by atoms with Gasteiger partial charge in [0.25, 0.3) is 0 Å². The minimum absolute atomic E-state index is 0.163. The Morgan fingerprint density at radius 2 is 1.91 bits per heavy atom. The predicted molar refractivity (Wildman–Crippen MR) is 89.5 cm³/mol. The summed E-state index contributed by atoms with van der Waals surface area (Å²) in [7, 11) is 0. The van der Waals surface area contributed by atoms with E-state index in [1.165, 1.54) is 12.1 Å². The largest absolute Gasteiger partial charge is 0.314 e. The summed E-state index contributed by atoms with van der Waals surface area (Å²) in [5.41, 5.74) is 2.13. The fraction of sp³-hybridized carbons (Fsp3) is 0.389. The summed E-state index contributed by atoms with van der Waals surface area (Å²) in [5, 5.41) is 6.94. The third-order valence-electron chi connectivity index (χ3n) is 4.18. The summed E-state index contributed by atoms with van der Waals surface area (Å²) in [6, 6.07) is 12.9. The van der Waals surface area contributed by atoms with Crippen LogP contribution in [0.25, 0.3) is 0 Å². The number of benzene rings is 1. The molecule has 0 spiro atoms. The number of halogens is 1.